The van der Waals surface area contributed by atoms with Crippen LogP contribution in [0.2, 0.25) is 0 Å². The quantitative estimate of drug-likeness (QED) is 0.576. The average molecular weight is 423 g/mol. The van der Waals surface area contributed by atoms with Crippen molar-refractivity contribution in [2.24, 2.45) is 0 Å². The highest BCUT2D eigenvalue weighted by Crippen LogP contribution is 2.56. The van der Waals surface area contributed by atoms with Gasteiger partial charge in [0.1, 0.15) is 5.75 Å². The highest BCUT2D eigenvalue weighted by molar-refractivity contribution is 8.02. The largest absolute Gasteiger partial charge is 0.496 e. The fraction of sp³-hybridized carbons (Fsp3) is 0.238. The van der Waals surface area contributed by atoms with Crippen molar-refractivity contribution in [1.82, 2.24) is 10.1 Å². The number of thioether (sulfide) groups is 1. The first-order chi connectivity index (χ1) is 14.6. The maximum Gasteiger partial charge on any atom is 0.344 e. The van der Waals surface area contributed by atoms with Gasteiger partial charge in [0.05, 0.1) is 18.4 Å². The third-order valence-electron chi connectivity index (χ3n) is 5.13. The second-order valence-corrected chi connectivity index (χ2v) is 8.19. The highest BCUT2D eigenvalue weighted by Gasteiger charge is 2.58. The van der Waals surface area contributed by atoms with E-state index in [-0.39, 0.29) is 18.4 Å². The molecule has 1 saturated heterocycles. The summed E-state index contributed by atoms with van der Waals surface area (Å²) in [5.74, 6) is 0.544. The predicted octanol–water partition coefficient (Wildman–Crippen LogP) is 3.42. The molecule has 8 nitrogen and oxygen atoms in total. The van der Waals surface area contributed by atoms with E-state index in [1.54, 1.807) is 18.1 Å². The second-order valence-electron chi connectivity index (χ2n) is 6.87. The van der Waals surface area contributed by atoms with Crippen molar-refractivity contribution < 1.29 is 23.6 Å². The molecule has 0 unspecified atom stereocenters. The summed E-state index contributed by atoms with van der Waals surface area (Å²) < 4.78 is 16.1. The Kier molecular flexibility index (Phi) is 4.47. The van der Waals surface area contributed by atoms with Gasteiger partial charge >= 0.3 is 5.97 Å². The molecule has 30 heavy (non-hydrogen) atoms. The molecule has 0 saturated carbocycles. The van der Waals surface area contributed by atoms with Crippen LogP contribution in [-0.4, -0.2) is 34.0 Å². The number of ether oxygens (including phenoxy) is 2. The number of hydrogen-bond acceptors (Lipinski definition) is 8. The van der Waals surface area contributed by atoms with Gasteiger partial charge in [-0.2, -0.15) is 4.98 Å². The van der Waals surface area contributed by atoms with Gasteiger partial charge < -0.3 is 14.0 Å². The second kappa shape index (κ2) is 7.17. The lowest BCUT2D eigenvalue weighted by Gasteiger charge is -2.28. The molecule has 0 radical (unpaired) electrons. The summed E-state index contributed by atoms with van der Waals surface area (Å²) in [6.07, 6.45) is 0.690. The van der Waals surface area contributed by atoms with E-state index in [4.69, 9.17) is 14.0 Å². The molecule has 3 heterocycles. The molecule has 0 spiro atoms. The van der Waals surface area contributed by atoms with E-state index in [2.05, 4.69) is 10.1 Å². The molecule has 1 amide bonds. The molecular weight excluding hydrogens is 406 g/mol. The van der Waals surface area contributed by atoms with E-state index in [9.17, 15) is 9.59 Å². The number of amides is 1. The molecule has 1 atom stereocenters. The van der Waals surface area contributed by atoms with Crippen molar-refractivity contribution in [3.05, 3.63) is 54.4 Å². The van der Waals surface area contributed by atoms with Crippen LogP contribution in [-0.2, 0) is 20.9 Å². The molecule has 3 aromatic rings. The van der Waals surface area contributed by atoms with Gasteiger partial charge in [0.15, 0.2) is 11.5 Å². The molecule has 1 aromatic heterocycles. The van der Waals surface area contributed by atoms with Gasteiger partial charge in [0.25, 0.3) is 5.89 Å². The first-order valence-electron chi connectivity index (χ1n) is 9.37. The molecule has 152 valence electrons. The topological polar surface area (TPSA) is 94.8 Å². The Morgan fingerprint density at radius 1 is 1.23 bits per heavy atom. The van der Waals surface area contributed by atoms with Gasteiger partial charge in [-0.05, 0) is 24.3 Å². The Bertz CT molecular complexity index is 1150. The molecule has 2 aromatic carbocycles. The Hall–Kier alpha value is -3.33. The van der Waals surface area contributed by atoms with Crippen LogP contribution in [0.5, 0.6) is 5.75 Å². The lowest BCUT2D eigenvalue weighted by Crippen LogP contribution is -2.47. The SMILES string of the molecule is COc1ccccc1-c1noc(COC(=O)[C@@]23CCC(=O)N2c2ccccc2S3)n1. The van der Waals surface area contributed by atoms with Crippen LogP contribution in [0.15, 0.2) is 57.9 Å². The fourth-order valence-corrected chi connectivity index (χ4v) is 5.18. The van der Waals surface area contributed by atoms with Crippen LogP contribution in [0.1, 0.15) is 18.7 Å². The Labute approximate surface area is 176 Å². The van der Waals surface area contributed by atoms with Gasteiger partial charge in [-0.1, -0.05) is 41.2 Å². The van der Waals surface area contributed by atoms with Crippen molar-refractivity contribution in [3.8, 4) is 17.1 Å². The van der Waals surface area contributed by atoms with Crippen molar-refractivity contribution >= 4 is 29.3 Å². The van der Waals surface area contributed by atoms with Gasteiger partial charge in [-0.3, -0.25) is 9.69 Å². The van der Waals surface area contributed by atoms with Gasteiger partial charge in [0.2, 0.25) is 11.7 Å². The number of esters is 1. The molecule has 9 heteroatoms. The van der Waals surface area contributed by atoms with E-state index in [1.807, 2.05) is 42.5 Å². The minimum Gasteiger partial charge on any atom is -0.496 e. The zero-order valence-electron chi connectivity index (χ0n) is 16.0. The Morgan fingerprint density at radius 3 is 2.90 bits per heavy atom. The van der Waals surface area contributed by atoms with Gasteiger partial charge in [-0.15, -0.1) is 0 Å². The summed E-state index contributed by atoms with van der Waals surface area (Å²) in [5, 5.41) is 3.95. The molecular formula is C21H17N3O5S. The monoisotopic (exact) mass is 423 g/mol. The lowest BCUT2D eigenvalue weighted by atomic mass is 10.2. The number of rotatable bonds is 5. The number of methoxy groups -OCH3 is 1. The minimum atomic E-state index is -1.08. The zero-order chi connectivity index (χ0) is 20.7. The van der Waals surface area contributed by atoms with E-state index >= 15 is 0 Å². The number of carbonyl (C=O) groups excluding carboxylic acids is 2. The van der Waals surface area contributed by atoms with Crippen molar-refractivity contribution in [2.45, 2.75) is 29.2 Å². The summed E-state index contributed by atoms with van der Waals surface area (Å²) in [6, 6.07) is 14.8. The van der Waals surface area contributed by atoms with E-state index < -0.39 is 10.8 Å². The number of fused-ring (bicyclic) bond motifs is 3. The maximum atomic E-state index is 13.1. The van der Waals surface area contributed by atoms with Crippen LogP contribution in [0.4, 0.5) is 5.69 Å². The van der Waals surface area contributed by atoms with Crippen molar-refractivity contribution in [3.63, 3.8) is 0 Å². The molecule has 2 aliphatic heterocycles. The number of hydrogen-bond donors (Lipinski definition) is 0. The Morgan fingerprint density at radius 2 is 2.03 bits per heavy atom. The minimum absolute atomic E-state index is 0.0827. The van der Waals surface area contributed by atoms with E-state index in [1.165, 1.54) is 11.8 Å². The third-order valence-corrected chi connectivity index (χ3v) is 6.59. The number of benzene rings is 2. The average Bonchev–Trinajstić information content (AvgIpc) is 3.46. The summed E-state index contributed by atoms with van der Waals surface area (Å²) in [6.45, 7) is -0.179. The van der Waals surface area contributed by atoms with Crippen molar-refractivity contribution in [1.29, 1.82) is 0 Å². The van der Waals surface area contributed by atoms with Crippen LogP contribution >= 0.6 is 11.8 Å². The van der Waals surface area contributed by atoms with E-state index in [0.29, 0.717) is 30.0 Å². The normalized spacial score (nSPS) is 19.5. The number of carbonyl (C=O) groups is 2. The smallest absolute Gasteiger partial charge is 0.344 e. The van der Waals surface area contributed by atoms with E-state index in [0.717, 1.165) is 10.6 Å². The summed E-state index contributed by atoms with van der Waals surface area (Å²) in [7, 11) is 1.56. The predicted molar refractivity (Wildman–Crippen MR) is 108 cm³/mol. The lowest BCUT2D eigenvalue weighted by molar-refractivity contribution is -0.148. The van der Waals surface area contributed by atoms with Crippen LogP contribution in [0, 0.1) is 0 Å². The molecule has 0 aliphatic carbocycles. The third kappa shape index (κ3) is 2.85. The fourth-order valence-electron chi connectivity index (χ4n) is 3.76. The number of nitrogens with zero attached hydrogens (tertiary/aromatic N) is 3. The van der Waals surface area contributed by atoms with Crippen LogP contribution in [0.3, 0.4) is 0 Å². The molecule has 0 bridgehead atoms. The zero-order valence-corrected chi connectivity index (χ0v) is 16.8. The first kappa shape index (κ1) is 18.7. The van der Waals surface area contributed by atoms with Crippen LogP contribution < -0.4 is 9.64 Å². The number of anilines is 1. The van der Waals surface area contributed by atoms with Gasteiger partial charge in [-0.25, -0.2) is 4.79 Å². The highest BCUT2D eigenvalue weighted by atomic mass is 32.2. The van der Waals surface area contributed by atoms with Crippen molar-refractivity contribution in [2.75, 3.05) is 12.0 Å². The molecule has 5 rings (SSSR count). The summed E-state index contributed by atoms with van der Waals surface area (Å²) in [5.41, 5.74) is 1.42. The van der Waals surface area contributed by atoms with Crippen LogP contribution in [0.25, 0.3) is 11.4 Å². The first-order valence-corrected chi connectivity index (χ1v) is 10.2. The number of para-hydroxylation sites is 2. The molecule has 1 fully saturated rings. The Balaban J connectivity index is 1.34. The molecule has 2 aliphatic rings. The number of aromatic nitrogens is 2. The maximum absolute atomic E-state index is 13.1. The summed E-state index contributed by atoms with van der Waals surface area (Å²) >= 11 is 1.36. The summed E-state index contributed by atoms with van der Waals surface area (Å²) in [4.78, 5) is 31.2. The van der Waals surface area contributed by atoms with Gasteiger partial charge in [0, 0.05) is 17.7 Å². The standard InChI is InChI=1S/C21H17N3O5S/c1-27-15-8-4-2-6-13(15)19-22-17(29-23-19)12-28-20(26)21-11-10-18(25)24(21)14-7-3-5-9-16(14)30-21/h2-9H,10-12H2,1H3/t21-/m0/s1. The molecule has 0 N–H and O–H groups in total.